The van der Waals surface area contributed by atoms with Crippen molar-refractivity contribution in [3.05, 3.63) is 94.8 Å². The summed E-state index contributed by atoms with van der Waals surface area (Å²) in [5.41, 5.74) is 1.01. The van der Waals surface area contributed by atoms with Gasteiger partial charge in [-0.15, -0.1) is 0 Å². The number of hydrogen-bond donors (Lipinski definition) is 2. The van der Waals surface area contributed by atoms with Gasteiger partial charge in [0.05, 0.1) is 17.5 Å². The fraction of sp³-hybridized carbons (Fsp3) is 0.300. The molecule has 4 rings (SSSR count). The molecule has 2 aromatic rings. The molecule has 1 aliphatic heterocycles. The molecule has 1 heterocycles. The Morgan fingerprint density at radius 2 is 1.90 bits per heavy atom. The predicted octanol–water partition coefficient (Wildman–Crippen LogP) is 6.13. The van der Waals surface area contributed by atoms with Gasteiger partial charge in [-0.25, -0.2) is 9.18 Å². The lowest BCUT2D eigenvalue weighted by molar-refractivity contribution is -0.123. The lowest BCUT2D eigenvalue weighted by Gasteiger charge is -2.27. The summed E-state index contributed by atoms with van der Waals surface area (Å²) in [5.74, 6) is -4.13. The van der Waals surface area contributed by atoms with Crippen LogP contribution in [0.1, 0.15) is 23.2 Å². The number of allylic oxidation sites excluding steroid dienone is 4. The van der Waals surface area contributed by atoms with Gasteiger partial charge in [-0.05, 0) is 73.4 Å². The molecule has 2 aromatic carbocycles. The van der Waals surface area contributed by atoms with Crippen LogP contribution in [0.4, 0.5) is 15.8 Å². The maximum atomic E-state index is 16.0. The molecule has 0 radical (unpaired) electrons. The molecule has 2 fully saturated rings. The highest BCUT2D eigenvalue weighted by Gasteiger charge is 2.52. The van der Waals surface area contributed by atoms with E-state index in [4.69, 9.17) is 23.2 Å². The topological polar surface area (TPSA) is 90.0 Å². The number of amides is 2. The monoisotopic (exact) mass is 585 g/mol. The van der Waals surface area contributed by atoms with Crippen molar-refractivity contribution >= 4 is 52.4 Å². The van der Waals surface area contributed by atoms with Crippen molar-refractivity contribution in [3.8, 4) is 0 Å². The Morgan fingerprint density at radius 1 is 1.20 bits per heavy atom. The Labute approximate surface area is 242 Å². The Hall–Kier alpha value is -3.46. The van der Waals surface area contributed by atoms with Gasteiger partial charge in [-0.3, -0.25) is 14.5 Å². The van der Waals surface area contributed by atoms with E-state index >= 15 is 4.39 Å². The second-order valence-electron chi connectivity index (χ2n) is 10.1. The van der Waals surface area contributed by atoms with Crippen LogP contribution in [0, 0.1) is 17.8 Å². The molecule has 1 saturated heterocycles. The number of carbonyl (C=O) groups is 3. The summed E-state index contributed by atoms with van der Waals surface area (Å²) in [6, 6.07) is 11.6. The molecular weight excluding hydrogens is 556 g/mol. The Balaban J connectivity index is 1.69. The number of rotatable bonds is 10. The third-order valence-electron chi connectivity index (χ3n) is 7.15. The first-order chi connectivity index (χ1) is 19.0. The average Bonchev–Trinajstić information content (AvgIpc) is 3.64. The second kappa shape index (κ2) is 12.8. The number of carboxylic acid groups (broad SMARTS) is 1. The van der Waals surface area contributed by atoms with Crippen molar-refractivity contribution < 1.29 is 23.9 Å². The van der Waals surface area contributed by atoms with Gasteiger partial charge in [0.1, 0.15) is 5.83 Å². The van der Waals surface area contributed by atoms with E-state index in [1.807, 2.05) is 4.90 Å². The van der Waals surface area contributed by atoms with Crippen LogP contribution < -0.4 is 10.2 Å². The van der Waals surface area contributed by atoms with Gasteiger partial charge in [0.15, 0.2) is 0 Å². The van der Waals surface area contributed by atoms with Crippen LogP contribution in [0.15, 0.2) is 84.2 Å². The van der Waals surface area contributed by atoms with E-state index in [-0.39, 0.29) is 23.0 Å². The van der Waals surface area contributed by atoms with Gasteiger partial charge in [-0.1, -0.05) is 41.9 Å². The van der Waals surface area contributed by atoms with Crippen LogP contribution in [0.25, 0.3) is 0 Å². The summed E-state index contributed by atoms with van der Waals surface area (Å²) < 4.78 is 16.0. The SMILES string of the molecule is C=C(Cl)/C=C\C=C(/F)C1C(C(=O)Nc2cccc(Cl)c2)N(CC2CC2)C[C@H]1C(=O)N(C)c1ccc(C(=O)O)cc1. The second-order valence-corrected chi connectivity index (χ2v) is 11.0. The number of hydrogen-bond acceptors (Lipinski definition) is 4. The zero-order valence-corrected chi connectivity index (χ0v) is 23.4. The van der Waals surface area contributed by atoms with E-state index < -0.39 is 35.6 Å². The lowest BCUT2D eigenvalue weighted by Crippen LogP contribution is -2.44. The number of nitrogens with one attached hydrogen (secondary N) is 1. The standard InChI is InChI=1S/C30H30Cl2FN3O4/c1-18(31)5-3-8-25(33)26-24(29(38)35(2)23-13-11-20(12-14-23)30(39)40)17-36(16-19-9-10-19)27(26)28(37)34-22-7-4-6-21(32)15-22/h3-8,11-15,19,24,26-27H,1,9-10,16-17H2,2H3,(H,34,37)(H,39,40)/b5-3-,25-8-/t24-,26?,27?/m1/s1. The van der Waals surface area contributed by atoms with Gasteiger partial charge in [0.25, 0.3) is 0 Å². The maximum Gasteiger partial charge on any atom is 0.335 e. The number of halogens is 3. The minimum Gasteiger partial charge on any atom is -0.478 e. The maximum absolute atomic E-state index is 16.0. The van der Waals surface area contributed by atoms with Gasteiger partial charge in [-0.2, -0.15) is 0 Å². The number of nitrogens with zero attached hydrogens (tertiary/aromatic N) is 2. The van der Waals surface area contributed by atoms with E-state index in [2.05, 4.69) is 11.9 Å². The summed E-state index contributed by atoms with van der Waals surface area (Å²) >= 11 is 11.9. The number of carbonyl (C=O) groups excluding carboxylic acids is 2. The fourth-order valence-corrected chi connectivity index (χ4v) is 5.26. The largest absolute Gasteiger partial charge is 0.478 e. The predicted molar refractivity (Wildman–Crippen MR) is 155 cm³/mol. The number of benzene rings is 2. The van der Waals surface area contributed by atoms with Gasteiger partial charge >= 0.3 is 5.97 Å². The van der Waals surface area contributed by atoms with Crippen molar-refractivity contribution in [2.24, 2.45) is 17.8 Å². The van der Waals surface area contributed by atoms with Crippen molar-refractivity contribution in [1.29, 1.82) is 0 Å². The van der Waals surface area contributed by atoms with Crippen LogP contribution in [-0.2, 0) is 9.59 Å². The minimum absolute atomic E-state index is 0.0818. The molecule has 1 aliphatic carbocycles. The number of likely N-dealkylation sites (tertiary alicyclic amines) is 1. The molecule has 1 saturated carbocycles. The molecule has 2 aliphatic rings. The van der Waals surface area contributed by atoms with Crippen LogP contribution in [0.2, 0.25) is 5.02 Å². The Kier molecular flexibility index (Phi) is 9.45. The molecule has 10 heteroatoms. The highest BCUT2D eigenvalue weighted by Crippen LogP contribution is 2.41. The molecule has 0 aromatic heterocycles. The fourth-order valence-electron chi connectivity index (χ4n) is 4.99. The molecule has 2 unspecified atom stereocenters. The molecule has 210 valence electrons. The summed E-state index contributed by atoms with van der Waals surface area (Å²) in [5, 5.41) is 12.7. The van der Waals surface area contributed by atoms with Crippen LogP contribution >= 0.6 is 23.2 Å². The van der Waals surface area contributed by atoms with E-state index in [0.717, 1.165) is 12.8 Å². The summed E-state index contributed by atoms with van der Waals surface area (Å²) in [6.45, 7) is 4.30. The molecule has 3 atom stereocenters. The molecule has 40 heavy (non-hydrogen) atoms. The molecule has 2 amide bonds. The van der Waals surface area contributed by atoms with E-state index in [1.165, 1.54) is 47.4 Å². The van der Waals surface area contributed by atoms with E-state index in [0.29, 0.717) is 28.9 Å². The molecule has 7 nitrogen and oxygen atoms in total. The third-order valence-corrected chi connectivity index (χ3v) is 7.51. The van der Waals surface area contributed by atoms with Gasteiger partial charge < -0.3 is 15.3 Å². The Morgan fingerprint density at radius 3 is 2.50 bits per heavy atom. The highest BCUT2D eigenvalue weighted by atomic mass is 35.5. The summed E-state index contributed by atoms with van der Waals surface area (Å²) in [7, 11) is 1.55. The lowest BCUT2D eigenvalue weighted by atomic mass is 9.87. The number of carboxylic acids is 1. The highest BCUT2D eigenvalue weighted by molar-refractivity contribution is 6.31. The average molecular weight is 586 g/mol. The molecule has 2 N–H and O–H groups in total. The first kappa shape index (κ1) is 29.5. The number of aromatic carboxylic acids is 1. The van der Waals surface area contributed by atoms with Crippen LogP contribution in [-0.4, -0.2) is 54.0 Å². The Bertz CT molecular complexity index is 1360. The summed E-state index contributed by atoms with van der Waals surface area (Å²) in [6.07, 6.45) is 6.05. The van der Waals surface area contributed by atoms with Gasteiger partial charge in [0.2, 0.25) is 11.8 Å². The van der Waals surface area contributed by atoms with Gasteiger partial charge in [0, 0.05) is 47.5 Å². The number of anilines is 2. The zero-order chi connectivity index (χ0) is 29.0. The van der Waals surface area contributed by atoms with Crippen LogP contribution in [0.3, 0.4) is 0 Å². The normalized spacial score (nSPS) is 21.4. The van der Waals surface area contributed by atoms with Crippen LogP contribution in [0.5, 0.6) is 0 Å². The van der Waals surface area contributed by atoms with E-state index in [1.54, 1.807) is 31.3 Å². The molecule has 0 spiro atoms. The zero-order valence-electron chi connectivity index (χ0n) is 21.9. The van der Waals surface area contributed by atoms with Crippen molar-refractivity contribution in [3.63, 3.8) is 0 Å². The van der Waals surface area contributed by atoms with Crippen molar-refractivity contribution in [1.82, 2.24) is 4.90 Å². The quantitative estimate of drug-likeness (QED) is 0.327. The summed E-state index contributed by atoms with van der Waals surface area (Å²) in [4.78, 5) is 42.1. The first-order valence-corrected chi connectivity index (χ1v) is 13.6. The molecular formula is C30H30Cl2FN3O4. The molecule has 0 bridgehead atoms. The smallest absolute Gasteiger partial charge is 0.335 e. The minimum atomic E-state index is -1.08. The van der Waals surface area contributed by atoms with E-state index in [9.17, 15) is 19.5 Å². The van der Waals surface area contributed by atoms with Crippen molar-refractivity contribution in [2.75, 3.05) is 30.4 Å². The van der Waals surface area contributed by atoms with Crippen molar-refractivity contribution in [2.45, 2.75) is 18.9 Å². The third kappa shape index (κ3) is 7.18. The first-order valence-electron chi connectivity index (χ1n) is 12.8.